The Balaban J connectivity index is 2.07. The number of ether oxygens (including phenoxy) is 1. The van der Waals surface area contributed by atoms with Crippen LogP contribution >= 0.6 is 23.6 Å². The summed E-state index contributed by atoms with van der Waals surface area (Å²) in [6.07, 6.45) is 2.32. The standard InChI is InChI=1S/C9H16Cl2N2O/c1-7-8(12-10)9(6-14-7)2-4-13(11)5-3-9/h7-8,12H,2-6H2,1H3/t7-,8+/m0/s1. The van der Waals surface area contributed by atoms with Gasteiger partial charge in [-0.1, -0.05) is 0 Å². The van der Waals surface area contributed by atoms with Crippen molar-refractivity contribution in [1.29, 1.82) is 0 Å². The molecule has 5 heteroatoms. The van der Waals surface area contributed by atoms with Crippen LogP contribution < -0.4 is 4.84 Å². The number of nitrogens with one attached hydrogen (secondary N) is 1. The second kappa shape index (κ2) is 4.14. The van der Waals surface area contributed by atoms with Gasteiger partial charge in [0.05, 0.1) is 18.8 Å². The maximum atomic E-state index is 5.94. The van der Waals surface area contributed by atoms with E-state index in [1.165, 1.54) is 0 Å². The molecule has 0 unspecified atom stereocenters. The Hall–Kier alpha value is 0.460. The average molecular weight is 239 g/mol. The van der Waals surface area contributed by atoms with Crippen LogP contribution in [0, 0.1) is 5.41 Å². The van der Waals surface area contributed by atoms with Crippen LogP contribution in [0.4, 0.5) is 0 Å². The summed E-state index contributed by atoms with van der Waals surface area (Å²) in [4.78, 5) is 2.87. The summed E-state index contributed by atoms with van der Waals surface area (Å²) in [5.74, 6) is 0. The Labute approximate surface area is 94.9 Å². The van der Waals surface area contributed by atoms with Crippen molar-refractivity contribution in [3.8, 4) is 0 Å². The third kappa shape index (κ3) is 1.76. The van der Waals surface area contributed by atoms with Gasteiger partial charge in [0.25, 0.3) is 0 Å². The Kier molecular flexibility index (Phi) is 3.24. The van der Waals surface area contributed by atoms with E-state index in [1.54, 1.807) is 0 Å². The number of rotatable bonds is 1. The van der Waals surface area contributed by atoms with Crippen LogP contribution in [0.5, 0.6) is 0 Å². The molecule has 3 nitrogen and oxygen atoms in total. The fourth-order valence-electron chi connectivity index (χ4n) is 2.57. The van der Waals surface area contributed by atoms with E-state index in [9.17, 15) is 0 Å². The van der Waals surface area contributed by atoms with Gasteiger partial charge in [0.2, 0.25) is 0 Å². The van der Waals surface area contributed by atoms with Crippen LogP contribution in [-0.4, -0.2) is 36.3 Å². The van der Waals surface area contributed by atoms with Crippen molar-refractivity contribution in [2.24, 2.45) is 5.41 Å². The predicted molar refractivity (Wildman–Crippen MR) is 57.3 cm³/mol. The Morgan fingerprint density at radius 1 is 1.43 bits per heavy atom. The molecule has 0 aromatic rings. The Morgan fingerprint density at radius 3 is 2.64 bits per heavy atom. The maximum absolute atomic E-state index is 5.94. The zero-order valence-corrected chi connectivity index (χ0v) is 9.81. The molecule has 0 aliphatic carbocycles. The molecule has 2 rings (SSSR count). The quantitative estimate of drug-likeness (QED) is 0.705. The van der Waals surface area contributed by atoms with E-state index < -0.39 is 0 Å². The molecule has 0 radical (unpaired) electrons. The number of hydrogen-bond acceptors (Lipinski definition) is 3. The van der Waals surface area contributed by atoms with Gasteiger partial charge in [-0.05, 0) is 43.3 Å². The average Bonchev–Trinajstić information content (AvgIpc) is 2.49. The molecular weight excluding hydrogens is 223 g/mol. The largest absolute Gasteiger partial charge is 0.376 e. The molecule has 0 aromatic carbocycles. The zero-order valence-electron chi connectivity index (χ0n) is 8.30. The highest BCUT2D eigenvalue weighted by Crippen LogP contribution is 2.42. The zero-order chi connectivity index (χ0) is 10.2. The first-order chi connectivity index (χ1) is 6.68. The molecule has 0 bridgehead atoms. The molecule has 2 aliphatic rings. The summed E-state index contributed by atoms with van der Waals surface area (Å²) in [6.45, 7) is 4.73. The summed E-state index contributed by atoms with van der Waals surface area (Å²) in [6, 6.07) is 0.259. The lowest BCUT2D eigenvalue weighted by atomic mass is 9.74. The van der Waals surface area contributed by atoms with E-state index >= 15 is 0 Å². The SMILES string of the molecule is C[C@@H]1OCC2(CCN(Cl)CC2)[C@@H]1NCl. The van der Waals surface area contributed by atoms with Crippen LogP contribution in [0.25, 0.3) is 0 Å². The lowest BCUT2D eigenvalue weighted by molar-refractivity contribution is 0.0862. The van der Waals surface area contributed by atoms with Crippen molar-refractivity contribution in [3.63, 3.8) is 0 Å². The van der Waals surface area contributed by atoms with Crippen LogP contribution in [0.3, 0.4) is 0 Å². The summed E-state index contributed by atoms with van der Waals surface area (Å²) < 4.78 is 7.52. The molecule has 14 heavy (non-hydrogen) atoms. The Bertz CT molecular complexity index is 207. The summed E-state index contributed by atoms with van der Waals surface area (Å²) in [5.41, 5.74) is 0.201. The molecule has 2 heterocycles. The van der Waals surface area contributed by atoms with Crippen molar-refractivity contribution in [3.05, 3.63) is 0 Å². The fourth-order valence-corrected chi connectivity index (χ4v) is 3.14. The second-order valence-corrected chi connectivity index (χ2v) is 5.07. The van der Waals surface area contributed by atoms with E-state index in [-0.39, 0.29) is 17.6 Å². The van der Waals surface area contributed by atoms with E-state index in [2.05, 4.69) is 11.8 Å². The number of piperidine rings is 1. The van der Waals surface area contributed by atoms with Crippen molar-refractivity contribution >= 4 is 23.6 Å². The normalized spacial score (nSPS) is 37.9. The molecule has 82 valence electrons. The summed E-state index contributed by atoms with van der Waals surface area (Å²) >= 11 is 11.7. The highest BCUT2D eigenvalue weighted by molar-refractivity contribution is 6.13. The molecular formula is C9H16Cl2N2O. The highest BCUT2D eigenvalue weighted by atomic mass is 35.5. The topological polar surface area (TPSA) is 24.5 Å². The molecule has 1 spiro atoms. The second-order valence-electron chi connectivity index (χ2n) is 4.38. The van der Waals surface area contributed by atoms with Crippen molar-refractivity contribution in [2.45, 2.75) is 31.9 Å². The Morgan fingerprint density at radius 2 is 2.07 bits per heavy atom. The molecule has 2 atom stereocenters. The minimum absolute atomic E-state index is 0.201. The molecule has 0 aromatic heterocycles. The van der Waals surface area contributed by atoms with Gasteiger partial charge in [0.15, 0.2) is 0 Å². The molecule has 1 N–H and O–H groups in total. The van der Waals surface area contributed by atoms with Crippen LogP contribution in [-0.2, 0) is 4.74 Å². The fraction of sp³-hybridized carbons (Fsp3) is 1.00. The third-order valence-electron chi connectivity index (χ3n) is 3.59. The van der Waals surface area contributed by atoms with E-state index in [0.717, 1.165) is 32.5 Å². The highest BCUT2D eigenvalue weighted by Gasteiger charge is 2.49. The monoisotopic (exact) mass is 238 g/mol. The van der Waals surface area contributed by atoms with E-state index in [4.69, 9.17) is 28.3 Å². The smallest absolute Gasteiger partial charge is 0.0719 e. The van der Waals surface area contributed by atoms with Gasteiger partial charge in [0.1, 0.15) is 0 Å². The minimum Gasteiger partial charge on any atom is -0.376 e. The summed E-state index contributed by atoms with van der Waals surface area (Å²) in [5, 5.41) is 0. The molecule has 2 saturated heterocycles. The first kappa shape index (κ1) is 11.0. The van der Waals surface area contributed by atoms with Gasteiger partial charge in [-0.15, -0.1) is 0 Å². The van der Waals surface area contributed by atoms with E-state index in [1.807, 2.05) is 4.42 Å². The lowest BCUT2D eigenvalue weighted by Crippen LogP contribution is -2.48. The van der Waals surface area contributed by atoms with Crippen molar-refractivity contribution in [2.75, 3.05) is 19.7 Å². The van der Waals surface area contributed by atoms with E-state index in [0.29, 0.717) is 0 Å². The van der Waals surface area contributed by atoms with Gasteiger partial charge < -0.3 is 4.74 Å². The van der Waals surface area contributed by atoms with Gasteiger partial charge in [-0.25, -0.2) is 9.25 Å². The number of hydrogen-bond donors (Lipinski definition) is 1. The van der Waals surface area contributed by atoms with Gasteiger partial charge in [-0.3, -0.25) is 0 Å². The molecule has 2 aliphatic heterocycles. The molecule has 2 fully saturated rings. The minimum atomic E-state index is 0.201. The van der Waals surface area contributed by atoms with Crippen molar-refractivity contribution in [1.82, 2.24) is 9.25 Å². The van der Waals surface area contributed by atoms with Gasteiger partial charge >= 0.3 is 0 Å². The van der Waals surface area contributed by atoms with Gasteiger partial charge in [0, 0.05) is 18.5 Å². The van der Waals surface area contributed by atoms with Crippen LogP contribution in [0.15, 0.2) is 0 Å². The van der Waals surface area contributed by atoms with Crippen LogP contribution in [0.1, 0.15) is 19.8 Å². The van der Waals surface area contributed by atoms with Crippen LogP contribution in [0.2, 0.25) is 0 Å². The molecule has 0 saturated carbocycles. The first-order valence-corrected chi connectivity index (χ1v) is 5.78. The summed E-state index contributed by atoms with van der Waals surface area (Å²) in [7, 11) is 0. The third-order valence-corrected chi connectivity index (χ3v) is 4.16. The lowest BCUT2D eigenvalue weighted by Gasteiger charge is -2.39. The van der Waals surface area contributed by atoms with Crippen molar-refractivity contribution < 1.29 is 4.74 Å². The predicted octanol–water partition coefficient (Wildman–Crippen LogP) is 1.75. The number of nitrogens with zero attached hydrogens (tertiary/aromatic N) is 1. The first-order valence-electron chi connectivity index (χ1n) is 5.06. The molecule has 0 amide bonds. The number of halogens is 2. The maximum Gasteiger partial charge on any atom is 0.0719 e. The van der Waals surface area contributed by atoms with Gasteiger partial charge in [-0.2, -0.15) is 0 Å².